The minimum atomic E-state index is -0.482. The number of hydrogen-bond donors (Lipinski definition) is 2. The molecular formula is C11H20N8O2. The fourth-order valence-electron chi connectivity index (χ4n) is 2.00. The minimum Gasteiger partial charge on any atom is -0.304 e. The van der Waals surface area contributed by atoms with Crippen LogP contribution in [0.25, 0.3) is 0 Å². The quantitative estimate of drug-likeness (QED) is 0.567. The molecular weight excluding hydrogens is 276 g/mol. The van der Waals surface area contributed by atoms with Gasteiger partial charge in [-0.25, -0.2) is 20.0 Å². The molecule has 10 nitrogen and oxygen atoms in total. The molecule has 21 heavy (non-hydrogen) atoms. The summed E-state index contributed by atoms with van der Waals surface area (Å²) in [7, 11) is 5.52. The molecule has 0 aromatic carbocycles. The zero-order valence-electron chi connectivity index (χ0n) is 12.4. The zero-order chi connectivity index (χ0) is 15.4. The number of aromatic nitrogens is 2. The number of piperazine rings is 1. The van der Waals surface area contributed by atoms with E-state index in [0.29, 0.717) is 0 Å². The lowest BCUT2D eigenvalue weighted by Crippen LogP contribution is -2.47. The van der Waals surface area contributed by atoms with Crippen molar-refractivity contribution in [2.45, 2.75) is 0 Å². The van der Waals surface area contributed by atoms with E-state index < -0.39 is 4.92 Å². The van der Waals surface area contributed by atoms with Gasteiger partial charge in [-0.15, -0.1) is 0 Å². The molecule has 1 aromatic heterocycles. The van der Waals surface area contributed by atoms with E-state index in [1.54, 1.807) is 19.1 Å². The van der Waals surface area contributed by atoms with Crippen LogP contribution in [0.2, 0.25) is 0 Å². The molecule has 0 aliphatic carbocycles. The number of anilines is 2. The molecule has 0 saturated carbocycles. The fraction of sp³-hybridized carbons (Fsp3) is 0.636. The minimum absolute atomic E-state index is 0.162. The summed E-state index contributed by atoms with van der Waals surface area (Å²) in [6.45, 7) is 3.34. The molecule has 0 unspecified atom stereocenters. The Morgan fingerprint density at radius 1 is 1.24 bits per heavy atom. The first-order chi connectivity index (χ1) is 9.97. The van der Waals surface area contributed by atoms with Gasteiger partial charge in [0.15, 0.2) is 0 Å². The lowest BCUT2D eigenvalue weighted by atomic mass is 10.4. The van der Waals surface area contributed by atoms with Gasteiger partial charge in [0.25, 0.3) is 0 Å². The van der Waals surface area contributed by atoms with Crippen molar-refractivity contribution in [2.75, 3.05) is 58.2 Å². The lowest BCUT2D eigenvalue weighted by molar-refractivity contribution is -0.383. The van der Waals surface area contributed by atoms with Crippen LogP contribution in [0.1, 0.15) is 0 Å². The van der Waals surface area contributed by atoms with Crippen LogP contribution in [0.3, 0.4) is 0 Å². The normalized spacial score (nSPS) is 17.0. The second-order valence-electron chi connectivity index (χ2n) is 5.08. The number of nitrogens with zero attached hydrogens (tertiary/aromatic N) is 6. The van der Waals surface area contributed by atoms with E-state index in [1.807, 2.05) is 12.1 Å². The molecule has 0 spiro atoms. The molecule has 0 radical (unpaired) electrons. The summed E-state index contributed by atoms with van der Waals surface area (Å²) in [5, 5.41) is 14.8. The van der Waals surface area contributed by atoms with Crippen molar-refractivity contribution >= 4 is 17.3 Å². The number of nitrogens with one attached hydrogen (secondary N) is 2. The van der Waals surface area contributed by atoms with Gasteiger partial charge < -0.3 is 4.90 Å². The first-order valence-corrected chi connectivity index (χ1v) is 6.61. The van der Waals surface area contributed by atoms with Crippen molar-refractivity contribution in [3.63, 3.8) is 0 Å². The molecule has 1 aliphatic heterocycles. The summed E-state index contributed by atoms with van der Waals surface area (Å²) in [5.41, 5.74) is 5.67. The molecule has 1 fully saturated rings. The van der Waals surface area contributed by atoms with Gasteiger partial charge in [-0.3, -0.25) is 21.0 Å². The number of hydrazine groups is 2. The Bertz CT molecular complexity index is 501. The van der Waals surface area contributed by atoms with Crippen molar-refractivity contribution in [3.05, 3.63) is 16.4 Å². The van der Waals surface area contributed by atoms with Crippen molar-refractivity contribution in [1.82, 2.24) is 24.9 Å². The molecule has 1 saturated heterocycles. The molecule has 116 valence electrons. The Kier molecular flexibility index (Phi) is 4.83. The standard InChI is InChI=1S/C11H20N8O2/c1-16(2)14-10-9(19(20)21)11(13-8-12-10)15-18-6-4-17(3)5-7-18/h8H,4-7H2,1-3H3,(H2,12,13,14,15). The van der Waals surface area contributed by atoms with E-state index in [0.717, 1.165) is 26.2 Å². The second kappa shape index (κ2) is 6.61. The highest BCUT2D eigenvalue weighted by Gasteiger charge is 2.25. The summed E-state index contributed by atoms with van der Waals surface area (Å²) >= 11 is 0. The first kappa shape index (κ1) is 15.4. The van der Waals surface area contributed by atoms with Crippen LogP contribution in [-0.4, -0.2) is 77.1 Å². The zero-order valence-corrected chi connectivity index (χ0v) is 12.4. The number of hydrogen-bond acceptors (Lipinski definition) is 9. The number of rotatable bonds is 5. The van der Waals surface area contributed by atoms with Crippen LogP contribution in [0.5, 0.6) is 0 Å². The second-order valence-corrected chi connectivity index (χ2v) is 5.08. The highest BCUT2D eigenvalue weighted by atomic mass is 16.6. The van der Waals surface area contributed by atoms with Crippen LogP contribution < -0.4 is 10.9 Å². The predicted molar refractivity (Wildman–Crippen MR) is 78.7 cm³/mol. The van der Waals surface area contributed by atoms with Crippen LogP contribution in [0.4, 0.5) is 17.3 Å². The highest BCUT2D eigenvalue weighted by Crippen LogP contribution is 2.29. The van der Waals surface area contributed by atoms with Crippen molar-refractivity contribution in [2.24, 2.45) is 0 Å². The topological polar surface area (TPSA) is 103 Å². The molecule has 2 N–H and O–H groups in total. The monoisotopic (exact) mass is 296 g/mol. The highest BCUT2D eigenvalue weighted by molar-refractivity contribution is 5.68. The maximum Gasteiger partial charge on any atom is 0.355 e. The molecule has 2 heterocycles. The summed E-state index contributed by atoms with van der Waals surface area (Å²) in [6.07, 6.45) is 1.30. The largest absolute Gasteiger partial charge is 0.355 e. The summed E-state index contributed by atoms with van der Waals surface area (Å²) in [5.74, 6) is 0.362. The maximum atomic E-state index is 11.3. The third kappa shape index (κ3) is 3.97. The Hall–Kier alpha value is -2.04. The van der Waals surface area contributed by atoms with E-state index in [2.05, 4.69) is 25.7 Å². The van der Waals surface area contributed by atoms with Gasteiger partial charge in [-0.1, -0.05) is 0 Å². The lowest BCUT2D eigenvalue weighted by Gasteiger charge is -2.32. The first-order valence-electron chi connectivity index (χ1n) is 6.61. The third-order valence-corrected chi connectivity index (χ3v) is 3.10. The molecule has 1 aromatic rings. The fourth-order valence-corrected chi connectivity index (χ4v) is 2.00. The van der Waals surface area contributed by atoms with E-state index in [4.69, 9.17) is 0 Å². The van der Waals surface area contributed by atoms with E-state index in [-0.39, 0.29) is 17.3 Å². The predicted octanol–water partition coefficient (Wildman–Crippen LogP) is -0.152. The Labute approximate surface area is 122 Å². The smallest absolute Gasteiger partial charge is 0.304 e. The van der Waals surface area contributed by atoms with Crippen LogP contribution in [0, 0.1) is 10.1 Å². The average molecular weight is 296 g/mol. The third-order valence-electron chi connectivity index (χ3n) is 3.10. The van der Waals surface area contributed by atoms with Gasteiger partial charge in [0.1, 0.15) is 6.33 Å². The SMILES string of the molecule is CN1CCN(Nc2ncnc(NN(C)C)c2[N+](=O)[O-])CC1. The molecule has 2 rings (SSSR count). The Balaban J connectivity index is 2.20. The number of likely N-dealkylation sites (N-methyl/N-ethyl adjacent to an activating group) is 1. The molecule has 10 heteroatoms. The van der Waals surface area contributed by atoms with Gasteiger partial charge in [0, 0.05) is 40.3 Å². The van der Waals surface area contributed by atoms with Crippen LogP contribution in [0.15, 0.2) is 6.33 Å². The number of nitro groups is 1. The maximum absolute atomic E-state index is 11.3. The molecule has 0 atom stereocenters. The van der Waals surface area contributed by atoms with E-state index in [9.17, 15) is 10.1 Å². The Morgan fingerprint density at radius 2 is 1.86 bits per heavy atom. The summed E-state index contributed by atoms with van der Waals surface area (Å²) in [6, 6.07) is 0. The van der Waals surface area contributed by atoms with Gasteiger partial charge in [0.05, 0.1) is 4.92 Å². The summed E-state index contributed by atoms with van der Waals surface area (Å²) < 4.78 is 0. The Morgan fingerprint density at radius 3 is 2.43 bits per heavy atom. The molecule has 0 amide bonds. The van der Waals surface area contributed by atoms with Crippen LogP contribution in [-0.2, 0) is 0 Å². The summed E-state index contributed by atoms with van der Waals surface area (Å²) in [4.78, 5) is 21.0. The van der Waals surface area contributed by atoms with Gasteiger partial charge in [-0.2, -0.15) is 0 Å². The van der Waals surface area contributed by atoms with Gasteiger partial charge in [-0.05, 0) is 7.05 Å². The van der Waals surface area contributed by atoms with E-state index in [1.165, 1.54) is 6.33 Å². The van der Waals surface area contributed by atoms with E-state index >= 15 is 0 Å². The molecule has 0 bridgehead atoms. The molecule has 1 aliphatic rings. The average Bonchev–Trinajstić information content (AvgIpc) is 2.40. The van der Waals surface area contributed by atoms with Crippen molar-refractivity contribution in [1.29, 1.82) is 0 Å². The van der Waals surface area contributed by atoms with Gasteiger partial charge >= 0.3 is 5.69 Å². The van der Waals surface area contributed by atoms with Gasteiger partial charge in [0.2, 0.25) is 11.6 Å². The van der Waals surface area contributed by atoms with Crippen molar-refractivity contribution < 1.29 is 4.92 Å². The van der Waals surface area contributed by atoms with Crippen molar-refractivity contribution in [3.8, 4) is 0 Å². The van der Waals surface area contributed by atoms with Crippen LogP contribution >= 0.6 is 0 Å².